The summed E-state index contributed by atoms with van der Waals surface area (Å²) in [5.41, 5.74) is 3.34. The van der Waals surface area contributed by atoms with E-state index in [0.29, 0.717) is 11.4 Å². The van der Waals surface area contributed by atoms with Gasteiger partial charge in [-0.2, -0.15) is 0 Å². The number of hydrogen-bond donors (Lipinski definition) is 2. The third kappa shape index (κ3) is 3.62. The quantitative estimate of drug-likeness (QED) is 0.650. The molecule has 2 N–H and O–H groups in total. The molecule has 6 nitrogen and oxygen atoms in total. The Hall–Kier alpha value is -2.76. The molecule has 0 aliphatic carbocycles. The molecule has 0 saturated heterocycles. The lowest BCUT2D eigenvalue weighted by molar-refractivity contribution is -0.384. The average molecular weight is 286 g/mol. The van der Waals surface area contributed by atoms with Crippen LogP contribution in [0.3, 0.4) is 0 Å². The van der Waals surface area contributed by atoms with E-state index in [0.717, 1.165) is 11.4 Å². The van der Waals surface area contributed by atoms with Crippen molar-refractivity contribution in [1.29, 1.82) is 0 Å². The number of nitro groups is 1. The summed E-state index contributed by atoms with van der Waals surface area (Å²) in [5, 5.41) is 17.1. The van der Waals surface area contributed by atoms with Gasteiger partial charge in [0.15, 0.2) is 0 Å². The van der Waals surface area contributed by atoms with E-state index < -0.39 is 4.92 Å². The molecule has 0 bridgehead atoms. The Morgan fingerprint density at radius 2 is 1.76 bits per heavy atom. The SMILES string of the molecule is CNc1cc(Nc2cccc(N(C)C)c2)cc([N+](=O)[O-])c1. The Labute approximate surface area is 123 Å². The van der Waals surface area contributed by atoms with Crippen molar-refractivity contribution in [3.8, 4) is 0 Å². The first kappa shape index (κ1) is 14.6. The standard InChI is InChI=1S/C15H18N4O2/c1-16-12-7-13(10-15(9-12)19(20)21)17-11-5-4-6-14(8-11)18(2)3/h4-10,16-17H,1-3H3. The normalized spacial score (nSPS) is 10.0. The second kappa shape index (κ2) is 6.13. The Balaban J connectivity index is 2.32. The molecule has 0 aliphatic heterocycles. The number of nitro benzene ring substituents is 1. The van der Waals surface area contributed by atoms with E-state index in [4.69, 9.17) is 0 Å². The van der Waals surface area contributed by atoms with Crippen LogP contribution in [0.5, 0.6) is 0 Å². The van der Waals surface area contributed by atoms with Crippen LogP contribution in [0.25, 0.3) is 0 Å². The Morgan fingerprint density at radius 1 is 1.05 bits per heavy atom. The van der Waals surface area contributed by atoms with Crippen molar-refractivity contribution in [3.05, 3.63) is 52.6 Å². The van der Waals surface area contributed by atoms with Gasteiger partial charge in [0.05, 0.1) is 4.92 Å². The summed E-state index contributed by atoms with van der Waals surface area (Å²) in [6.45, 7) is 0. The van der Waals surface area contributed by atoms with Crippen molar-refractivity contribution in [2.24, 2.45) is 0 Å². The van der Waals surface area contributed by atoms with Crippen molar-refractivity contribution in [2.45, 2.75) is 0 Å². The van der Waals surface area contributed by atoms with Crippen LogP contribution in [-0.2, 0) is 0 Å². The van der Waals surface area contributed by atoms with Crippen molar-refractivity contribution in [3.63, 3.8) is 0 Å². The lowest BCUT2D eigenvalue weighted by Gasteiger charge is -2.15. The summed E-state index contributed by atoms with van der Waals surface area (Å²) >= 11 is 0. The van der Waals surface area contributed by atoms with E-state index in [-0.39, 0.29) is 5.69 Å². The molecular weight excluding hydrogens is 268 g/mol. The highest BCUT2D eigenvalue weighted by molar-refractivity contribution is 5.70. The van der Waals surface area contributed by atoms with Crippen LogP contribution >= 0.6 is 0 Å². The van der Waals surface area contributed by atoms with Gasteiger partial charge < -0.3 is 15.5 Å². The molecule has 0 unspecified atom stereocenters. The highest BCUT2D eigenvalue weighted by atomic mass is 16.6. The third-order valence-electron chi connectivity index (χ3n) is 3.07. The summed E-state index contributed by atoms with van der Waals surface area (Å²) in [7, 11) is 5.66. The van der Waals surface area contributed by atoms with Crippen LogP contribution in [0.15, 0.2) is 42.5 Å². The Morgan fingerprint density at radius 3 is 2.38 bits per heavy atom. The molecule has 2 rings (SSSR count). The molecule has 6 heteroatoms. The zero-order valence-electron chi connectivity index (χ0n) is 12.3. The van der Waals surface area contributed by atoms with Crippen LogP contribution in [-0.4, -0.2) is 26.1 Å². The van der Waals surface area contributed by atoms with E-state index >= 15 is 0 Å². The van der Waals surface area contributed by atoms with Crippen LogP contribution in [0.4, 0.5) is 28.4 Å². The van der Waals surface area contributed by atoms with Gasteiger partial charge in [0.1, 0.15) is 0 Å². The van der Waals surface area contributed by atoms with Crippen molar-refractivity contribution in [1.82, 2.24) is 0 Å². The van der Waals surface area contributed by atoms with E-state index in [2.05, 4.69) is 10.6 Å². The van der Waals surface area contributed by atoms with Gasteiger partial charge in [0.2, 0.25) is 0 Å². The van der Waals surface area contributed by atoms with Gasteiger partial charge in [0.25, 0.3) is 5.69 Å². The predicted octanol–water partition coefficient (Wildman–Crippen LogP) is 3.45. The molecule has 0 saturated carbocycles. The van der Waals surface area contributed by atoms with Crippen molar-refractivity contribution >= 4 is 28.4 Å². The molecule has 2 aromatic carbocycles. The number of rotatable bonds is 5. The molecule has 0 atom stereocenters. The van der Waals surface area contributed by atoms with E-state index in [1.165, 1.54) is 12.1 Å². The molecule has 0 spiro atoms. The highest BCUT2D eigenvalue weighted by Gasteiger charge is 2.09. The summed E-state index contributed by atoms with van der Waals surface area (Å²) in [6, 6.07) is 12.7. The van der Waals surface area contributed by atoms with Gasteiger partial charge in [-0.25, -0.2) is 0 Å². The molecule has 0 heterocycles. The number of non-ortho nitro benzene ring substituents is 1. The Bertz CT molecular complexity index is 656. The van der Waals surface area contributed by atoms with E-state index in [9.17, 15) is 10.1 Å². The summed E-state index contributed by atoms with van der Waals surface area (Å²) in [5.74, 6) is 0. The van der Waals surface area contributed by atoms with Gasteiger partial charge in [0, 0.05) is 56.0 Å². The molecule has 0 amide bonds. The van der Waals surface area contributed by atoms with Crippen LogP contribution in [0.2, 0.25) is 0 Å². The van der Waals surface area contributed by atoms with E-state index in [1.807, 2.05) is 49.3 Å². The zero-order chi connectivity index (χ0) is 15.4. The smallest absolute Gasteiger partial charge is 0.273 e. The minimum absolute atomic E-state index is 0.0492. The minimum atomic E-state index is -0.401. The number of nitrogens with zero attached hydrogens (tertiary/aromatic N) is 2. The molecule has 0 aromatic heterocycles. The maximum Gasteiger partial charge on any atom is 0.273 e. The largest absolute Gasteiger partial charge is 0.388 e. The van der Waals surface area contributed by atoms with Gasteiger partial charge in [-0.15, -0.1) is 0 Å². The van der Waals surface area contributed by atoms with Gasteiger partial charge in [-0.1, -0.05) is 6.07 Å². The first-order chi connectivity index (χ1) is 9.99. The molecular formula is C15H18N4O2. The third-order valence-corrected chi connectivity index (χ3v) is 3.07. The van der Waals surface area contributed by atoms with Crippen LogP contribution < -0.4 is 15.5 Å². The molecule has 0 radical (unpaired) electrons. The molecule has 110 valence electrons. The fraction of sp³-hybridized carbons (Fsp3) is 0.200. The average Bonchev–Trinajstić information content (AvgIpc) is 2.47. The van der Waals surface area contributed by atoms with Crippen molar-refractivity contribution < 1.29 is 4.92 Å². The monoisotopic (exact) mass is 286 g/mol. The maximum absolute atomic E-state index is 11.0. The number of benzene rings is 2. The molecule has 21 heavy (non-hydrogen) atoms. The van der Waals surface area contributed by atoms with Crippen LogP contribution in [0.1, 0.15) is 0 Å². The number of nitrogens with one attached hydrogen (secondary N) is 2. The number of anilines is 4. The van der Waals surface area contributed by atoms with Gasteiger partial charge in [-0.05, 0) is 24.3 Å². The predicted molar refractivity (Wildman–Crippen MR) is 86.7 cm³/mol. The first-order valence-electron chi connectivity index (χ1n) is 6.51. The molecule has 0 fully saturated rings. The molecule has 0 aliphatic rings. The van der Waals surface area contributed by atoms with Gasteiger partial charge in [-0.3, -0.25) is 10.1 Å². The van der Waals surface area contributed by atoms with Crippen LogP contribution in [0, 0.1) is 10.1 Å². The summed E-state index contributed by atoms with van der Waals surface area (Å²) in [6.07, 6.45) is 0. The topological polar surface area (TPSA) is 70.4 Å². The minimum Gasteiger partial charge on any atom is -0.388 e. The second-order valence-corrected chi connectivity index (χ2v) is 4.85. The first-order valence-corrected chi connectivity index (χ1v) is 6.51. The van der Waals surface area contributed by atoms with Gasteiger partial charge >= 0.3 is 0 Å². The number of hydrogen-bond acceptors (Lipinski definition) is 5. The Kier molecular flexibility index (Phi) is 4.27. The lowest BCUT2D eigenvalue weighted by Crippen LogP contribution is -2.08. The van der Waals surface area contributed by atoms with E-state index in [1.54, 1.807) is 7.05 Å². The fourth-order valence-corrected chi connectivity index (χ4v) is 1.96. The molecule has 2 aromatic rings. The maximum atomic E-state index is 11.0. The fourth-order valence-electron chi connectivity index (χ4n) is 1.96. The van der Waals surface area contributed by atoms with Crippen molar-refractivity contribution in [2.75, 3.05) is 36.7 Å². The highest BCUT2D eigenvalue weighted by Crippen LogP contribution is 2.27. The second-order valence-electron chi connectivity index (χ2n) is 4.85. The summed E-state index contributed by atoms with van der Waals surface area (Å²) < 4.78 is 0. The zero-order valence-corrected chi connectivity index (χ0v) is 12.3. The lowest BCUT2D eigenvalue weighted by atomic mass is 10.2. The summed E-state index contributed by atoms with van der Waals surface area (Å²) in [4.78, 5) is 12.6.